The Hall–Kier alpha value is -2.80. The van der Waals surface area contributed by atoms with Gasteiger partial charge in [-0.25, -0.2) is 8.78 Å². The first-order valence-corrected chi connectivity index (χ1v) is 7.82. The molecule has 130 valence electrons. The van der Waals surface area contributed by atoms with Crippen molar-refractivity contribution in [3.63, 3.8) is 0 Å². The van der Waals surface area contributed by atoms with Crippen molar-refractivity contribution in [1.82, 2.24) is 0 Å². The molecule has 3 rings (SSSR count). The summed E-state index contributed by atoms with van der Waals surface area (Å²) >= 11 is 0. The number of amides is 2. The van der Waals surface area contributed by atoms with E-state index in [0.717, 1.165) is 24.6 Å². The summed E-state index contributed by atoms with van der Waals surface area (Å²) in [6.45, 7) is 0.555. The summed E-state index contributed by atoms with van der Waals surface area (Å²) in [7, 11) is 0. The number of carbonyl (C=O) groups is 2. The number of carbonyl (C=O) groups excluding carboxylic acids is 2. The first kappa shape index (κ1) is 17.0. The molecule has 0 aromatic heterocycles. The van der Waals surface area contributed by atoms with Crippen molar-refractivity contribution >= 4 is 23.2 Å². The third kappa shape index (κ3) is 4.19. The molecule has 2 aromatic carbocycles. The normalized spacial score (nSPS) is 16.5. The molecule has 0 spiro atoms. The Labute approximate surface area is 143 Å². The lowest BCUT2D eigenvalue weighted by Gasteiger charge is -2.11. The van der Waals surface area contributed by atoms with Gasteiger partial charge in [-0.15, -0.1) is 0 Å². The van der Waals surface area contributed by atoms with Crippen LogP contribution >= 0.6 is 0 Å². The molecule has 1 heterocycles. The molecule has 0 radical (unpaired) electrons. The van der Waals surface area contributed by atoms with Crippen LogP contribution in [0.15, 0.2) is 42.5 Å². The summed E-state index contributed by atoms with van der Waals surface area (Å²) in [5.74, 6) is -2.28. The number of halogens is 2. The minimum absolute atomic E-state index is 0.203. The first-order chi connectivity index (χ1) is 12.0. The van der Waals surface area contributed by atoms with Crippen molar-refractivity contribution in [2.45, 2.75) is 18.9 Å². The molecule has 2 aromatic rings. The Balaban J connectivity index is 1.71. The van der Waals surface area contributed by atoms with Gasteiger partial charge in [-0.1, -0.05) is 6.07 Å². The Bertz CT molecular complexity index is 805. The zero-order chi connectivity index (χ0) is 17.8. The highest BCUT2D eigenvalue weighted by molar-refractivity contribution is 6.05. The smallest absolute Gasteiger partial charge is 0.255 e. The van der Waals surface area contributed by atoms with E-state index >= 15 is 0 Å². The highest BCUT2D eigenvalue weighted by Crippen LogP contribution is 2.19. The first-order valence-electron chi connectivity index (χ1n) is 7.82. The van der Waals surface area contributed by atoms with Crippen molar-refractivity contribution in [2.24, 2.45) is 0 Å². The largest absolute Gasteiger partial charge is 0.368 e. The molecular weight excluding hydrogens is 330 g/mol. The Kier molecular flexibility index (Phi) is 5.04. The topological polar surface area (TPSA) is 67.4 Å². The van der Waals surface area contributed by atoms with Crippen LogP contribution < -0.4 is 10.6 Å². The van der Waals surface area contributed by atoms with E-state index in [2.05, 4.69) is 10.6 Å². The molecule has 1 atom stereocenters. The van der Waals surface area contributed by atoms with Crippen LogP contribution in [0.4, 0.5) is 20.2 Å². The van der Waals surface area contributed by atoms with Gasteiger partial charge < -0.3 is 15.4 Å². The lowest BCUT2D eigenvalue weighted by Crippen LogP contribution is -2.27. The molecule has 1 fully saturated rings. The molecule has 25 heavy (non-hydrogen) atoms. The van der Waals surface area contributed by atoms with Gasteiger partial charge in [-0.3, -0.25) is 9.59 Å². The van der Waals surface area contributed by atoms with E-state index < -0.39 is 23.6 Å². The fourth-order valence-corrected chi connectivity index (χ4v) is 2.53. The number of rotatable bonds is 4. The van der Waals surface area contributed by atoms with E-state index in [1.807, 2.05) is 0 Å². The van der Waals surface area contributed by atoms with E-state index in [0.29, 0.717) is 18.7 Å². The number of ether oxygens (including phenoxy) is 1. The van der Waals surface area contributed by atoms with Gasteiger partial charge in [0.05, 0.1) is 5.69 Å². The molecule has 0 aliphatic carbocycles. The summed E-state index contributed by atoms with van der Waals surface area (Å²) in [6, 6.07) is 8.98. The Morgan fingerprint density at radius 3 is 2.68 bits per heavy atom. The standard InChI is InChI=1S/C18H16F2N2O3/c19-12-6-7-14(20)15(10-12)22-17(23)11-3-1-4-13(9-11)21-18(24)16-5-2-8-25-16/h1,3-4,6-7,9-10,16H,2,5,8H2,(H,21,24)(H,22,23). The molecule has 2 amide bonds. The highest BCUT2D eigenvalue weighted by atomic mass is 19.1. The zero-order valence-electron chi connectivity index (χ0n) is 13.2. The predicted molar refractivity (Wildman–Crippen MR) is 88.4 cm³/mol. The Morgan fingerprint density at radius 1 is 1.08 bits per heavy atom. The fourth-order valence-electron chi connectivity index (χ4n) is 2.53. The van der Waals surface area contributed by atoms with Crippen LogP contribution in [0.5, 0.6) is 0 Å². The third-order valence-electron chi connectivity index (χ3n) is 3.79. The lowest BCUT2D eigenvalue weighted by atomic mass is 10.1. The second-order valence-corrected chi connectivity index (χ2v) is 5.65. The summed E-state index contributed by atoms with van der Waals surface area (Å²) < 4.78 is 32.1. The highest BCUT2D eigenvalue weighted by Gasteiger charge is 2.23. The van der Waals surface area contributed by atoms with Gasteiger partial charge in [0, 0.05) is 23.9 Å². The van der Waals surface area contributed by atoms with E-state index in [1.165, 1.54) is 12.1 Å². The van der Waals surface area contributed by atoms with E-state index in [9.17, 15) is 18.4 Å². The Morgan fingerprint density at radius 2 is 1.92 bits per heavy atom. The lowest BCUT2D eigenvalue weighted by molar-refractivity contribution is -0.124. The summed E-state index contributed by atoms with van der Waals surface area (Å²) in [5.41, 5.74) is 0.375. The summed E-state index contributed by atoms with van der Waals surface area (Å²) in [4.78, 5) is 24.3. The number of nitrogens with one attached hydrogen (secondary N) is 2. The number of anilines is 2. The van der Waals surface area contributed by atoms with Gasteiger partial charge in [-0.05, 0) is 43.2 Å². The van der Waals surface area contributed by atoms with Crippen molar-refractivity contribution in [1.29, 1.82) is 0 Å². The third-order valence-corrected chi connectivity index (χ3v) is 3.79. The molecule has 1 saturated heterocycles. The van der Waals surface area contributed by atoms with Crippen LogP contribution in [-0.4, -0.2) is 24.5 Å². The molecule has 2 N–H and O–H groups in total. The molecule has 1 aliphatic heterocycles. The minimum atomic E-state index is -0.738. The zero-order valence-corrected chi connectivity index (χ0v) is 13.2. The van der Waals surface area contributed by atoms with Gasteiger partial charge in [0.15, 0.2) is 0 Å². The predicted octanol–water partition coefficient (Wildman–Crippen LogP) is 3.33. The summed E-state index contributed by atoms with van der Waals surface area (Å²) in [6.07, 6.45) is 1.00. The summed E-state index contributed by atoms with van der Waals surface area (Å²) in [5, 5.41) is 5.00. The minimum Gasteiger partial charge on any atom is -0.368 e. The molecule has 0 bridgehead atoms. The van der Waals surface area contributed by atoms with Crippen LogP contribution in [0.3, 0.4) is 0 Å². The second-order valence-electron chi connectivity index (χ2n) is 5.65. The fraction of sp³-hybridized carbons (Fsp3) is 0.222. The monoisotopic (exact) mass is 346 g/mol. The molecule has 0 saturated carbocycles. The van der Waals surface area contributed by atoms with Gasteiger partial charge in [0.2, 0.25) is 0 Å². The number of hydrogen-bond acceptors (Lipinski definition) is 3. The SMILES string of the molecule is O=C(Nc1cc(F)ccc1F)c1cccc(NC(=O)C2CCCO2)c1. The van der Waals surface area contributed by atoms with Crippen LogP contribution in [0.25, 0.3) is 0 Å². The van der Waals surface area contributed by atoms with Crippen molar-refractivity contribution in [3.05, 3.63) is 59.7 Å². The van der Waals surface area contributed by atoms with Gasteiger partial charge >= 0.3 is 0 Å². The van der Waals surface area contributed by atoms with Crippen LogP contribution in [-0.2, 0) is 9.53 Å². The quantitative estimate of drug-likeness (QED) is 0.892. The molecule has 5 nitrogen and oxygen atoms in total. The number of hydrogen-bond donors (Lipinski definition) is 2. The maximum absolute atomic E-state index is 13.6. The van der Waals surface area contributed by atoms with Gasteiger partial charge in [0.1, 0.15) is 17.7 Å². The number of benzene rings is 2. The average Bonchev–Trinajstić information content (AvgIpc) is 3.13. The average molecular weight is 346 g/mol. The second kappa shape index (κ2) is 7.40. The molecule has 7 heteroatoms. The van der Waals surface area contributed by atoms with E-state index in [1.54, 1.807) is 12.1 Å². The van der Waals surface area contributed by atoms with Crippen LogP contribution in [0.2, 0.25) is 0 Å². The van der Waals surface area contributed by atoms with Gasteiger partial charge in [-0.2, -0.15) is 0 Å². The van der Waals surface area contributed by atoms with Crippen molar-refractivity contribution in [2.75, 3.05) is 17.2 Å². The van der Waals surface area contributed by atoms with E-state index in [4.69, 9.17) is 4.74 Å². The maximum Gasteiger partial charge on any atom is 0.255 e. The molecule has 1 aliphatic rings. The van der Waals surface area contributed by atoms with Crippen LogP contribution in [0.1, 0.15) is 23.2 Å². The van der Waals surface area contributed by atoms with Gasteiger partial charge in [0.25, 0.3) is 11.8 Å². The maximum atomic E-state index is 13.6. The molecular formula is C18H16F2N2O3. The van der Waals surface area contributed by atoms with Crippen molar-refractivity contribution < 1.29 is 23.1 Å². The van der Waals surface area contributed by atoms with Crippen LogP contribution in [0, 0.1) is 11.6 Å². The van der Waals surface area contributed by atoms with E-state index in [-0.39, 0.29) is 17.2 Å². The van der Waals surface area contributed by atoms with Crippen molar-refractivity contribution in [3.8, 4) is 0 Å². The molecule has 1 unspecified atom stereocenters.